The van der Waals surface area contributed by atoms with Crippen molar-refractivity contribution in [2.75, 3.05) is 13.2 Å². The molecule has 3 aromatic carbocycles. The maximum atomic E-state index is 11.4. The summed E-state index contributed by atoms with van der Waals surface area (Å²) >= 11 is 0. The SMILES string of the molecule is CCCCCCOc1cc(C#Cc2cccc(C(=O)O)c2)c(OCCCCCC)cc1C#Cc1cccc(C(=O)O)c1. The van der Waals surface area contributed by atoms with Crippen molar-refractivity contribution in [2.24, 2.45) is 0 Å². The number of benzene rings is 3. The van der Waals surface area contributed by atoms with E-state index in [0.29, 0.717) is 47.0 Å². The highest BCUT2D eigenvalue weighted by Gasteiger charge is 2.12. The Bertz CT molecular complexity index is 1370. The molecule has 0 bridgehead atoms. The van der Waals surface area contributed by atoms with E-state index in [9.17, 15) is 19.8 Å². The molecule has 0 atom stereocenters. The molecule has 0 aromatic heterocycles. The average Bonchev–Trinajstić information content (AvgIpc) is 2.99. The van der Waals surface area contributed by atoms with Gasteiger partial charge in [-0.15, -0.1) is 0 Å². The van der Waals surface area contributed by atoms with Gasteiger partial charge in [0, 0.05) is 23.3 Å². The fourth-order valence-electron chi connectivity index (χ4n) is 4.16. The molecular weight excluding hydrogens is 528 g/mol. The van der Waals surface area contributed by atoms with Crippen molar-refractivity contribution >= 4 is 11.9 Å². The Morgan fingerprint density at radius 3 is 1.40 bits per heavy atom. The van der Waals surface area contributed by atoms with Crippen molar-refractivity contribution in [1.82, 2.24) is 0 Å². The molecule has 0 aliphatic rings. The van der Waals surface area contributed by atoms with Gasteiger partial charge in [-0.1, -0.05) is 88.2 Å². The average molecular weight is 567 g/mol. The molecule has 42 heavy (non-hydrogen) atoms. The van der Waals surface area contributed by atoms with Crippen LogP contribution in [-0.4, -0.2) is 35.4 Å². The summed E-state index contributed by atoms with van der Waals surface area (Å²) in [5.41, 5.74) is 2.73. The number of rotatable bonds is 14. The smallest absolute Gasteiger partial charge is 0.335 e. The molecule has 2 N–H and O–H groups in total. The molecule has 0 unspecified atom stereocenters. The molecule has 3 rings (SSSR count). The van der Waals surface area contributed by atoms with Crippen molar-refractivity contribution in [2.45, 2.75) is 65.2 Å². The maximum absolute atomic E-state index is 11.4. The van der Waals surface area contributed by atoms with Gasteiger partial charge < -0.3 is 19.7 Å². The number of carboxylic acid groups (broad SMARTS) is 2. The zero-order valence-corrected chi connectivity index (χ0v) is 24.4. The molecule has 6 nitrogen and oxygen atoms in total. The Morgan fingerprint density at radius 1 is 0.595 bits per heavy atom. The molecule has 0 fully saturated rings. The molecule has 3 aromatic rings. The molecule has 0 heterocycles. The minimum absolute atomic E-state index is 0.169. The molecule has 218 valence electrons. The summed E-state index contributed by atoms with van der Waals surface area (Å²) in [5, 5.41) is 18.7. The van der Waals surface area contributed by atoms with Crippen LogP contribution in [0.3, 0.4) is 0 Å². The molecule has 0 aliphatic carbocycles. The number of aromatic carboxylic acids is 2. The minimum atomic E-state index is -1.01. The minimum Gasteiger partial charge on any atom is -0.492 e. The lowest BCUT2D eigenvalue weighted by atomic mass is 10.1. The summed E-state index contributed by atoms with van der Waals surface area (Å²) in [6.07, 6.45) is 8.44. The second-order valence-electron chi connectivity index (χ2n) is 9.93. The summed E-state index contributed by atoms with van der Waals surface area (Å²) in [7, 11) is 0. The lowest BCUT2D eigenvalue weighted by Crippen LogP contribution is -2.03. The number of hydrogen-bond acceptors (Lipinski definition) is 4. The summed E-state index contributed by atoms with van der Waals surface area (Å²) in [6.45, 7) is 5.36. The highest BCUT2D eigenvalue weighted by molar-refractivity contribution is 5.88. The third kappa shape index (κ3) is 10.4. The van der Waals surface area contributed by atoms with Gasteiger partial charge in [0.15, 0.2) is 0 Å². The summed E-state index contributed by atoms with van der Waals surface area (Å²) in [6, 6.07) is 16.7. The van der Waals surface area contributed by atoms with Crippen LogP contribution in [0.15, 0.2) is 60.7 Å². The third-order valence-electron chi connectivity index (χ3n) is 6.49. The number of hydrogen-bond donors (Lipinski definition) is 2. The highest BCUT2D eigenvalue weighted by atomic mass is 16.5. The van der Waals surface area contributed by atoms with E-state index in [1.54, 1.807) is 24.3 Å². The van der Waals surface area contributed by atoms with Gasteiger partial charge >= 0.3 is 11.9 Å². The van der Waals surface area contributed by atoms with Gasteiger partial charge in [-0.3, -0.25) is 0 Å². The van der Waals surface area contributed by atoms with Gasteiger partial charge in [-0.05, 0) is 49.2 Å². The normalized spacial score (nSPS) is 10.1. The van der Waals surface area contributed by atoms with Crippen LogP contribution < -0.4 is 9.47 Å². The molecule has 0 saturated carbocycles. The Balaban J connectivity index is 2.02. The van der Waals surface area contributed by atoms with Gasteiger partial charge in [0.05, 0.1) is 35.5 Å². The Kier molecular flexibility index (Phi) is 13.0. The van der Waals surface area contributed by atoms with Crippen LogP contribution in [0.4, 0.5) is 0 Å². The first-order valence-electron chi connectivity index (χ1n) is 14.6. The van der Waals surface area contributed by atoms with Crippen molar-refractivity contribution in [3.63, 3.8) is 0 Å². The molecule has 6 heteroatoms. The number of unbranched alkanes of at least 4 members (excludes halogenated alkanes) is 6. The van der Waals surface area contributed by atoms with Crippen LogP contribution in [0.5, 0.6) is 11.5 Å². The fourth-order valence-corrected chi connectivity index (χ4v) is 4.16. The zero-order valence-electron chi connectivity index (χ0n) is 24.4. The van der Waals surface area contributed by atoms with Crippen molar-refractivity contribution in [1.29, 1.82) is 0 Å². The highest BCUT2D eigenvalue weighted by Crippen LogP contribution is 2.29. The van der Waals surface area contributed by atoms with Gasteiger partial charge in [-0.2, -0.15) is 0 Å². The first-order valence-corrected chi connectivity index (χ1v) is 14.6. The van der Waals surface area contributed by atoms with Gasteiger partial charge in [0.25, 0.3) is 0 Å². The number of carboxylic acids is 2. The molecule has 0 saturated heterocycles. The second-order valence-corrected chi connectivity index (χ2v) is 9.93. The number of carbonyl (C=O) groups is 2. The predicted molar refractivity (Wildman–Crippen MR) is 164 cm³/mol. The standard InChI is InChI=1S/C36H38O6/c1-3-5-7-9-21-41-33-25-30(20-18-28-14-12-16-32(24-28)36(39)40)34(42-22-10-8-6-4-2)26-29(33)19-17-27-13-11-15-31(23-27)35(37)38/h11-16,23-26H,3-10,21-22H2,1-2H3,(H,37,38)(H,39,40). The van der Waals surface area contributed by atoms with E-state index in [2.05, 4.69) is 37.5 Å². The van der Waals surface area contributed by atoms with Crippen LogP contribution in [0, 0.1) is 23.7 Å². The van der Waals surface area contributed by atoms with Crippen LogP contribution in [0.25, 0.3) is 0 Å². The second kappa shape index (κ2) is 17.2. The summed E-state index contributed by atoms with van der Waals surface area (Å²) in [5.74, 6) is 11.6. The topological polar surface area (TPSA) is 93.1 Å². The predicted octanol–water partition coefficient (Wildman–Crippen LogP) is 7.80. The van der Waals surface area contributed by atoms with Gasteiger partial charge in [0.2, 0.25) is 0 Å². The van der Waals surface area contributed by atoms with E-state index in [4.69, 9.17) is 9.47 Å². The monoisotopic (exact) mass is 566 g/mol. The van der Waals surface area contributed by atoms with Crippen LogP contribution in [-0.2, 0) is 0 Å². The van der Waals surface area contributed by atoms with E-state index < -0.39 is 11.9 Å². The lowest BCUT2D eigenvalue weighted by molar-refractivity contribution is 0.0686. The molecule has 0 aliphatic heterocycles. The number of ether oxygens (including phenoxy) is 2. The van der Waals surface area contributed by atoms with E-state index in [0.717, 1.165) is 51.4 Å². The van der Waals surface area contributed by atoms with Crippen LogP contribution in [0.2, 0.25) is 0 Å². The first-order chi connectivity index (χ1) is 20.4. The van der Waals surface area contributed by atoms with Gasteiger partial charge in [-0.25, -0.2) is 9.59 Å². The van der Waals surface area contributed by atoms with Gasteiger partial charge in [0.1, 0.15) is 11.5 Å². The van der Waals surface area contributed by atoms with E-state index in [1.807, 2.05) is 12.1 Å². The fraction of sp³-hybridized carbons (Fsp3) is 0.333. The van der Waals surface area contributed by atoms with Crippen LogP contribution in [0.1, 0.15) is 108 Å². The Labute approximate surface area is 248 Å². The summed E-state index contributed by atoms with van der Waals surface area (Å²) in [4.78, 5) is 22.8. The molecular formula is C36H38O6. The Morgan fingerprint density at radius 2 is 1.02 bits per heavy atom. The largest absolute Gasteiger partial charge is 0.492 e. The van der Waals surface area contributed by atoms with E-state index in [1.165, 1.54) is 24.3 Å². The van der Waals surface area contributed by atoms with Crippen LogP contribution >= 0.6 is 0 Å². The zero-order chi connectivity index (χ0) is 30.2. The summed E-state index contributed by atoms with van der Waals surface area (Å²) < 4.78 is 12.4. The van der Waals surface area contributed by atoms with Crippen molar-refractivity contribution < 1.29 is 29.3 Å². The molecule has 0 amide bonds. The van der Waals surface area contributed by atoms with E-state index >= 15 is 0 Å². The molecule has 0 radical (unpaired) electrons. The third-order valence-corrected chi connectivity index (χ3v) is 6.49. The van der Waals surface area contributed by atoms with E-state index in [-0.39, 0.29) is 11.1 Å². The maximum Gasteiger partial charge on any atom is 0.335 e. The van der Waals surface area contributed by atoms with Crippen molar-refractivity contribution in [3.05, 3.63) is 94.0 Å². The Hall–Kier alpha value is -4.68. The van der Waals surface area contributed by atoms with Crippen molar-refractivity contribution in [3.8, 4) is 35.2 Å². The first kappa shape index (κ1) is 31.8. The quantitative estimate of drug-likeness (QED) is 0.153. The lowest BCUT2D eigenvalue weighted by Gasteiger charge is -2.14. The molecule has 0 spiro atoms.